The van der Waals surface area contributed by atoms with Crippen molar-refractivity contribution in [2.75, 3.05) is 20.8 Å². The molecule has 1 aliphatic rings. The summed E-state index contributed by atoms with van der Waals surface area (Å²) < 4.78 is 17.3. The van der Waals surface area contributed by atoms with Crippen LogP contribution in [0.5, 0.6) is 17.2 Å². The molecule has 7 nitrogen and oxygen atoms in total. The monoisotopic (exact) mass is 473 g/mol. The van der Waals surface area contributed by atoms with Crippen molar-refractivity contribution in [1.29, 1.82) is 0 Å². The second-order valence-corrected chi connectivity index (χ2v) is 8.54. The molecule has 0 aliphatic carbocycles. The minimum Gasteiger partial charge on any atom is -0.493 e. The molecule has 2 aromatic rings. The van der Waals surface area contributed by atoms with Gasteiger partial charge in [0, 0.05) is 13.0 Å². The van der Waals surface area contributed by atoms with Crippen LogP contribution in [-0.2, 0) is 16.2 Å². The fourth-order valence-electron chi connectivity index (χ4n) is 3.11. The summed E-state index contributed by atoms with van der Waals surface area (Å²) in [6.07, 6.45) is 2.03. The zero-order chi connectivity index (χ0) is 23.1. The van der Waals surface area contributed by atoms with E-state index in [0.717, 1.165) is 5.56 Å². The number of nitrogens with zero attached hydrogens (tertiary/aromatic N) is 1. The zero-order valence-electron chi connectivity index (χ0n) is 17.7. The minimum atomic E-state index is -0.903. The molecule has 0 spiro atoms. The van der Waals surface area contributed by atoms with Crippen LogP contribution in [0.4, 0.5) is 0 Å². The predicted octanol–water partition coefficient (Wildman–Crippen LogP) is 4.35. The minimum absolute atomic E-state index is 0.0199. The van der Waals surface area contributed by atoms with Gasteiger partial charge in [0.05, 0.1) is 19.1 Å². The summed E-state index contributed by atoms with van der Waals surface area (Å²) in [4.78, 5) is 25.4. The maximum absolute atomic E-state index is 12.8. The Bertz CT molecular complexity index is 1040. The number of methoxy groups -OCH3 is 2. The zero-order valence-corrected chi connectivity index (χ0v) is 19.3. The van der Waals surface area contributed by atoms with Crippen LogP contribution in [-0.4, -0.2) is 47.0 Å². The highest BCUT2D eigenvalue weighted by Gasteiger charge is 2.31. The molecule has 0 unspecified atom stereocenters. The van der Waals surface area contributed by atoms with Crippen LogP contribution in [0, 0.1) is 0 Å². The van der Waals surface area contributed by atoms with Crippen molar-refractivity contribution in [3.05, 3.63) is 58.5 Å². The lowest BCUT2D eigenvalue weighted by molar-refractivity contribution is -0.137. The SMILES string of the molecule is COc1cc(C=C2SC(=S)N(CCCC(=O)O)C2=O)cc(OCc2ccccc2)c1OC. The Kier molecular flexibility index (Phi) is 8.13. The van der Waals surface area contributed by atoms with E-state index in [1.54, 1.807) is 18.2 Å². The topological polar surface area (TPSA) is 85.3 Å². The third kappa shape index (κ3) is 5.80. The molecule has 3 rings (SSSR count). The maximum atomic E-state index is 12.8. The van der Waals surface area contributed by atoms with E-state index in [1.165, 1.54) is 30.9 Å². The van der Waals surface area contributed by atoms with Crippen LogP contribution in [0.25, 0.3) is 6.08 Å². The Morgan fingerprint density at radius 2 is 1.88 bits per heavy atom. The van der Waals surface area contributed by atoms with Crippen LogP contribution < -0.4 is 14.2 Å². The van der Waals surface area contributed by atoms with Crippen molar-refractivity contribution in [1.82, 2.24) is 4.90 Å². The van der Waals surface area contributed by atoms with Crippen LogP contribution in [0.1, 0.15) is 24.0 Å². The molecule has 0 radical (unpaired) electrons. The Hall–Kier alpha value is -3.04. The number of amides is 1. The second kappa shape index (κ2) is 11.0. The van der Waals surface area contributed by atoms with Gasteiger partial charge < -0.3 is 19.3 Å². The highest BCUT2D eigenvalue weighted by atomic mass is 32.2. The maximum Gasteiger partial charge on any atom is 0.303 e. The van der Waals surface area contributed by atoms with Gasteiger partial charge in [-0.25, -0.2) is 0 Å². The number of rotatable bonds is 10. The molecular formula is C23H23NO6S2. The third-order valence-corrected chi connectivity index (χ3v) is 6.03. The van der Waals surface area contributed by atoms with E-state index in [1.807, 2.05) is 30.3 Å². The molecule has 1 N–H and O–H groups in total. The number of thiocarbonyl (C=S) groups is 1. The average molecular weight is 474 g/mol. The molecule has 0 atom stereocenters. The van der Waals surface area contributed by atoms with Crippen molar-refractivity contribution in [2.24, 2.45) is 0 Å². The summed E-state index contributed by atoms with van der Waals surface area (Å²) in [7, 11) is 3.07. The first-order valence-corrected chi connectivity index (χ1v) is 11.0. The van der Waals surface area contributed by atoms with Crippen molar-refractivity contribution >= 4 is 46.3 Å². The van der Waals surface area contributed by atoms with E-state index in [2.05, 4.69) is 0 Å². The summed E-state index contributed by atoms with van der Waals surface area (Å²) in [6, 6.07) is 13.3. The molecule has 1 heterocycles. The number of hydrogen-bond acceptors (Lipinski definition) is 7. The molecule has 2 aromatic carbocycles. The van der Waals surface area contributed by atoms with Crippen LogP contribution in [0.15, 0.2) is 47.4 Å². The van der Waals surface area contributed by atoms with Gasteiger partial charge >= 0.3 is 5.97 Å². The molecule has 0 saturated carbocycles. The lowest BCUT2D eigenvalue weighted by Gasteiger charge is -2.15. The van der Waals surface area contributed by atoms with E-state index in [0.29, 0.717) is 45.1 Å². The number of carboxylic acids is 1. The van der Waals surface area contributed by atoms with Gasteiger partial charge in [-0.05, 0) is 35.8 Å². The van der Waals surface area contributed by atoms with Crippen LogP contribution in [0.3, 0.4) is 0 Å². The summed E-state index contributed by atoms with van der Waals surface area (Å²) >= 11 is 6.49. The van der Waals surface area contributed by atoms with Gasteiger partial charge in [-0.1, -0.05) is 54.3 Å². The smallest absolute Gasteiger partial charge is 0.303 e. The van der Waals surface area contributed by atoms with Gasteiger partial charge in [0.25, 0.3) is 5.91 Å². The molecule has 9 heteroatoms. The molecule has 1 amide bonds. The van der Waals surface area contributed by atoms with E-state index in [-0.39, 0.29) is 18.9 Å². The number of aliphatic carboxylic acids is 1. The highest BCUT2D eigenvalue weighted by Crippen LogP contribution is 2.41. The third-order valence-electron chi connectivity index (χ3n) is 4.65. The number of carbonyl (C=O) groups is 2. The van der Waals surface area contributed by atoms with Gasteiger partial charge in [-0.2, -0.15) is 0 Å². The van der Waals surface area contributed by atoms with Crippen LogP contribution >= 0.6 is 24.0 Å². The number of thioether (sulfide) groups is 1. The summed E-state index contributed by atoms with van der Waals surface area (Å²) in [5, 5.41) is 8.81. The predicted molar refractivity (Wildman–Crippen MR) is 127 cm³/mol. The van der Waals surface area contributed by atoms with Gasteiger partial charge in [-0.15, -0.1) is 0 Å². The molecular weight excluding hydrogens is 450 g/mol. The van der Waals surface area contributed by atoms with Gasteiger partial charge in [0.2, 0.25) is 5.75 Å². The Morgan fingerprint density at radius 3 is 2.53 bits per heavy atom. The van der Waals surface area contributed by atoms with Crippen molar-refractivity contribution in [3.8, 4) is 17.2 Å². The van der Waals surface area contributed by atoms with E-state index in [4.69, 9.17) is 31.5 Å². The largest absolute Gasteiger partial charge is 0.493 e. The van der Waals surface area contributed by atoms with E-state index in [9.17, 15) is 9.59 Å². The van der Waals surface area contributed by atoms with Crippen molar-refractivity contribution in [2.45, 2.75) is 19.4 Å². The second-order valence-electron chi connectivity index (χ2n) is 6.86. The Labute approximate surface area is 196 Å². The van der Waals surface area contributed by atoms with Crippen molar-refractivity contribution in [3.63, 3.8) is 0 Å². The molecule has 0 aromatic heterocycles. The number of ether oxygens (including phenoxy) is 3. The fourth-order valence-corrected chi connectivity index (χ4v) is 4.42. The first kappa shape index (κ1) is 23.6. The molecule has 168 valence electrons. The summed E-state index contributed by atoms with van der Waals surface area (Å²) in [5.41, 5.74) is 1.69. The van der Waals surface area contributed by atoms with E-state index < -0.39 is 5.97 Å². The first-order valence-electron chi connectivity index (χ1n) is 9.83. The molecule has 0 bridgehead atoms. The summed E-state index contributed by atoms with van der Waals surface area (Å²) in [6.45, 7) is 0.612. The van der Waals surface area contributed by atoms with Gasteiger partial charge in [-0.3, -0.25) is 14.5 Å². The van der Waals surface area contributed by atoms with Crippen LogP contribution in [0.2, 0.25) is 0 Å². The normalized spacial score (nSPS) is 14.7. The average Bonchev–Trinajstić information content (AvgIpc) is 3.05. The standard InChI is InChI=1S/C23H23NO6S2/c1-28-17-11-16(12-18(21(17)29-2)30-14-15-7-4-3-5-8-15)13-19-22(27)24(23(31)32-19)10-6-9-20(25)26/h3-5,7-8,11-13H,6,9-10,14H2,1-2H3,(H,25,26). The molecule has 32 heavy (non-hydrogen) atoms. The Balaban J connectivity index is 1.83. The lowest BCUT2D eigenvalue weighted by Crippen LogP contribution is -2.29. The lowest BCUT2D eigenvalue weighted by atomic mass is 10.1. The Morgan fingerprint density at radius 1 is 1.16 bits per heavy atom. The number of carbonyl (C=O) groups excluding carboxylic acids is 1. The van der Waals surface area contributed by atoms with Gasteiger partial charge in [0.1, 0.15) is 10.9 Å². The fraction of sp³-hybridized carbons (Fsp3) is 0.261. The summed E-state index contributed by atoms with van der Waals surface area (Å²) in [5.74, 6) is 0.271. The van der Waals surface area contributed by atoms with Crippen molar-refractivity contribution < 1.29 is 28.9 Å². The molecule has 1 fully saturated rings. The number of carboxylic acid groups (broad SMARTS) is 1. The molecule has 1 saturated heterocycles. The van der Waals surface area contributed by atoms with E-state index >= 15 is 0 Å². The molecule has 1 aliphatic heterocycles. The first-order chi connectivity index (χ1) is 15.4. The van der Waals surface area contributed by atoms with Gasteiger partial charge in [0.15, 0.2) is 11.5 Å². The quantitative estimate of drug-likeness (QED) is 0.403. The number of hydrogen-bond donors (Lipinski definition) is 1. The number of benzene rings is 2. The highest BCUT2D eigenvalue weighted by molar-refractivity contribution is 8.26.